The van der Waals surface area contributed by atoms with E-state index in [2.05, 4.69) is 9.97 Å². The summed E-state index contributed by atoms with van der Waals surface area (Å²) in [5.41, 5.74) is -0.381. The predicted molar refractivity (Wildman–Crippen MR) is 83.2 cm³/mol. The van der Waals surface area contributed by atoms with Crippen LogP contribution in [0.5, 0.6) is 0 Å². The molecule has 2 heterocycles. The SMILES string of the molecule is CCOC(=O)C(C)Sc1nc2c(c(=O)[nH]c(=O)n2C)n1CC. The van der Waals surface area contributed by atoms with Crippen molar-refractivity contribution in [3.8, 4) is 0 Å². The molecule has 0 aliphatic rings. The zero-order valence-electron chi connectivity index (χ0n) is 12.9. The smallest absolute Gasteiger partial charge is 0.329 e. The van der Waals surface area contributed by atoms with Gasteiger partial charge >= 0.3 is 11.7 Å². The highest BCUT2D eigenvalue weighted by Crippen LogP contribution is 2.25. The van der Waals surface area contributed by atoms with Gasteiger partial charge in [-0.3, -0.25) is 19.1 Å². The fourth-order valence-corrected chi connectivity index (χ4v) is 3.03. The average molecular weight is 326 g/mol. The van der Waals surface area contributed by atoms with E-state index in [9.17, 15) is 14.4 Å². The van der Waals surface area contributed by atoms with Gasteiger partial charge in [0.05, 0.1) is 6.61 Å². The summed E-state index contributed by atoms with van der Waals surface area (Å²) in [6.07, 6.45) is 0. The van der Waals surface area contributed by atoms with E-state index in [-0.39, 0.29) is 5.97 Å². The lowest BCUT2D eigenvalue weighted by Gasteiger charge is -2.10. The highest BCUT2D eigenvalue weighted by molar-refractivity contribution is 8.00. The Balaban J connectivity index is 2.54. The zero-order valence-corrected chi connectivity index (χ0v) is 13.7. The molecule has 1 atom stereocenters. The highest BCUT2D eigenvalue weighted by atomic mass is 32.2. The summed E-state index contributed by atoms with van der Waals surface area (Å²) < 4.78 is 7.94. The van der Waals surface area contributed by atoms with E-state index in [4.69, 9.17) is 4.74 Å². The van der Waals surface area contributed by atoms with Gasteiger partial charge in [-0.2, -0.15) is 0 Å². The lowest BCUT2D eigenvalue weighted by Crippen LogP contribution is -2.29. The van der Waals surface area contributed by atoms with Crippen LogP contribution in [0.2, 0.25) is 0 Å². The molecule has 0 aliphatic carbocycles. The van der Waals surface area contributed by atoms with Gasteiger partial charge in [-0.1, -0.05) is 11.8 Å². The molecule has 0 fully saturated rings. The molecular weight excluding hydrogens is 308 g/mol. The number of ether oxygens (including phenoxy) is 1. The molecule has 2 aromatic rings. The number of aryl methyl sites for hydroxylation is 2. The molecule has 0 radical (unpaired) electrons. The van der Waals surface area contributed by atoms with Crippen molar-refractivity contribution in [1.29, 1.82) is 0 Å². The van der Waals surface area contributed by atoms with E-state index in [1.54, 1.807) is 18.4 Å². The van der Waals surface area contributed by atoms with Crippen LogP contribution in [0.4, 0.5) is 0 Å². The third-order valence-electron chi connectivity index (χ3n) is 3.19. The standard InChI is InChI=1S/C13H18N4O4S/c1-5-17-8-9(16(4)12(20)15-10(8)18)14-13(17)22-7(3)11(19)21-6-2/h7H,5-6H2,1-4H3,(H,15,18,20). The Kier molecular flexibility index (Phi) is 4.74. The molecule has 0 aromatic carbocycles. The first kappa shape index (κ1) is 16.3. The van der Waals surface area contributed by atoms with Gasteiger partial charge in [0.2, 0.25) is 0 Å². The normalized spacial score (nSPS) is 12.5. The number of nitrogens with one attached hydrogen (secondary N) is 1. The maximum Gasteiger partial charge on any atom is 0.329 e. The molecule has 1 N–H and O–H groups in total. The van der Waals surface area contributed by atoms with Gasteiger partial charge in [-0.25, -0.2) is 9.78 Å². The van der Waals surface area contributed by atoms with E-state index in [0.29, 0.717) is 29.5 Å². The maximum absolute atomic E-state index is 12.0. The van der Waals surface area contributed by atoms with Gasteiger partial charge in [-0.15, -0.1) is 0 Å². The van der Waals surface area contributed by atoms with E-state index in [0.717, 1.165) is 0 Å². The summed E-state index contributed by atoms with van der Waals surface area (Å²) in [7, 11) is 1.54. The Hall–Kier alpha value is -2.03. The molecule has 0 amide bonds. The second-order valence-electron chi connectivity index (χ2n) is 4.64. The summed E-state index contributed by atoms with van der Waals surface area (Å²) in [6.45, 7) is 6.12. The number of carbonyl (C=O) groups is 1. The number of imidazole rings is 1. The van der Waals surface area contributed by atoms with Gasteiger partial charge in [0.15, 0.2) is 16.3 Å². The molecule has 1 unspecified atom stereocenters. The third-order valence-corrected chi connectivity index (χ3v) is 4.26. The number of aromatic amines is 1. The van der Waals surface area contributed by atoms with Crippen molar-refractivity contribution >= 4 is 28.9 Å². The molecule has 9 heteroatoms. The molecule has 0 saturated heterocycles. The molecular formula is C13H18N4O4S. The molecule has 0 spiro atoms. The number of thioether (sulfide) groups is 1. The lowest BCUT2D eigenvalue weighted by molar-refractivity contribution is -0.142. The quantitative estimate of drug-likeness (QED) is 0.634. The number of aromatic nitrogens is 4. The Morgan fingerprint density at radius 1 is 1.41 bits per heavy atom. The van der Waals surface area contributed by atoms with Gasteiger partial charge in [-0.05, 0) is 20.8 Å². The predicted octanol–water partition coefficient (Wildman–Crippen LogP) is 0.487. The number of nitrogens with zero attached hydrogens (tertiary/aromatic N) is 3. The Labute approximate surface area is 130 Å². The van der Waals surface area contributed by atoms with Gasteiger partial charge in [0, 0.05) is 13.6 Å². The van der Waals surface area contributed by atoms with Crippen molar-refractivity contribution in [3.63, 3.8) is 0 Å². The molecule has 0 saturated carbocycles. The van der Waals surface area contributed by atoms with E-state index >= 15 is 0 Å². The van der Waals surface area contributed by atoms with E-state index in [1.165, 1.54) is 23.4 Å². The minimum Gasteiger partial charge on any atom is -0.465 e. The summed E-state index contributed by atoms with van der Waals surface area (Å²) >= 11 is 1.20. The van der Waals surface area contributed by atoms with Crippen LogP contribution in [0.3, 0.4) is 0 Å². The van der Waals surface area contributed by atoms with Crippen LogP contribution in [-0.2, 0) is 23.1 Å². The number of fused-ring (bicyclic) bond motifs is 1. The van der Waals surface area contributed by atoms with Crippen molar-refractivity contribution in [2.75, 3.05) is 6.61 Å². The van der Waals surface area contributed by atoms with Crippen LogP contribution in [0.1, 0.15) is 20.8 Å². The number of H-pyrrole nitrogens is 1. The van der Waals surface area contributed by atoms with Crippen LogP contribution in [0.25, 0.3) is 11.2 Å². The second kappa shape index (κ2) is 6.39. The molecule has 2 aromatic heterocycles. The first-order valence-corrected chi connectivity index (χ1v) is 7.81. The molecule has 2 rings (SSSR count). The lowest BCUT2D eigenvalue weighted by atomic mass is 10.5. The summed E-state index contributed by atoms with van der Waals surface area (Å²) in [5, 5.41) is 0.0444. The summed E-state index contributed by atoms with van der Waals surface area (Å²) in [4.78, 5) is 42.0. The van der Waals surface area contributed by atoms with Crippen molar-refractivity contribution in [3.05, 3.63) is 20.8 Å². The number of carbonyl (C=O) groups excluding carboxylic acids is 1. The Morgan fingerprint density at radius 2 is 2.09 bits per heavy atom. The van der Waals surface area contributed by atoms with Crippen LogP contribution < -0.4 is 11.2 Å². The third kappa shape index (κ3) is 2.80. The first-order chi connectivity index (χ1) is 10.4. The second-order valence-corrected chi connectivity index (χ2v) is 5.95. The molecule has 0 aliphatic heterocycles. The Bertz CT molecular complexity index is 820. The van der Waals surface area contributed by atoms with Crippen molar-refractivity contribution in [2.24, 2.45) is 7.05 Å². The summed E-state index contributed by atoms with van der Waals surface area (Å²) in [6, 6.07) is 0. The van der Waals surface area contributed by atoms with E-state index in [1.807, 2.05) is 6.92 Å². The monoisotopic (exact) mass is 326 g/mol. The van der Waals surface area contributed by atoms with Gasteiger partial charge in [0.25, 0.3) is 5.56 Å². The largest absolute Gasteiger partial charge is 0.465 e. The molecule has 22 heavy (non-hydrogen) atoms. The minimum atomic E-state index is -0.520. The number of esters is 1. The van der Waals surface area contributed by atoms with Crippen molar-refractivity contribution in [2.45, 2.75) is 37.7 Å². The number of hydrogen-bond acceptors (Lipinski definition) is 6. The van der Waals surface area contributed by atoms with Crippen molar-refractivity contribution in [1.82, 2.24) is 19.1 Å². The highest BCUT2D eigenvalue weighted by Gasteiger charge is 2.22. The maximum atomic E-state index is 12.0. The molecule has 0 bridgehead atoms. The molecule has 120 valence electrons. The van der Waals surface area contributed by atoms with Gasteiger partial charge in [0.1, 0.15) is 5.25 Å². The fraction of sp³-hybridized carbons (Fsp3) is 0.538. The average Bonchev–Trinajstić information content (AvgIpc) is 2.84. The number of rotatable bonds is 5. The topological polar surface area (TPSA) is 99.0 Å². The van der Waals surface area contributed by atoms with Crippen LogP contribution in [0.15, 0.2) is 14.7 Å². The first-order valence-electron chi connectivity index (χ1n) is 6.93. The summed E-state index contributed by atoms with van der Waals surface area (Å²) in [5.74, 6) is -0.343. The molecule has 8 nitrogen and oxygen atoms in total. The minimum absolute atomic E-state index is 0.300. The van der Waals surface area contributed by atoms with Crippen LogP contribution in [0, 0.1) is 0 Å². The van der Waals surface area contributed by atoms with Crippen molar-refractivity contribution < 1.29 is 9.53 Å². The zero-order chi connectivity index (χ0) is 16.4. The fourth-order valence-electron chi connectivity index (χ4n) is 2.06. The van der Waals surface area contributed by atoms with Gasteiger partial charge < -0.3 is 9.30 Å². The van der Waals surface area contributed by atoms with E-state index < -0.39 is 16.5 Å². The number of hydrogen-bond donors (Lipinski definition) is 1. The van der Waals surface area contributed by atoms with Crippen LogP contribution in [-0.4, -0.2) is 36.9 Å². The van der Waals surface area contributed by atoms with Crippen LogP contribution >= 0.6 is 11.8 Å². The Morgan fingerprint density at radius 3 is 2.68 bits per heavy atom.